The molecule has 0 atom stereocenters. The Bertz CT molecular complexity index is 992. The lowest BCUT2D eigenvalue weighted by atomic mass is 9.96. The van der Waals surface area contributed by atoms with E-state index in [2.05, 4.69) is 20.7 Å². The maximum absolute atomic E-state index is 12.4. The predicted octanol–water partition coefficient (Wildman–Crippen LogP) is 4.17. The van der Waals surface area contributed by atoms with Crippen LogP contribution in [0.2, 0.25) is 0 Å². The fourth-order valence-electron chi connectivity index (χ4n) is 3.62. The summed E-state index contributed by atoms with van der Waals surface area (Å²) in [5.74, 6) is 0.530. The quantitative estimate of drug-likeness (QED) is 0.713. The first kappa shape index (κ1) is 18.3. The highest BCUT2D eigenvalue weighted by Gasteiger charge is 2.16. The van der Waals surface area contributed by atoms with Gasteiger partial charge in [0.1, 0.15) is 0 Å². The van der Waals surface area contributed by atoms with Gasteiger partial charge in [0.05, 0.1) is 19.0 Å². The number of nitrogens with one attached hydrogen (secondary N) is 2. The van der Waals surface area contributed by atoms with Crippen molar-refractivity contribution in [2.45, 2.75) is 45.1 Å². The van der Waals surface area contributed by atoms with Crippen LogP contribution in [0.15, 0.2) is 36.5 Å². The van der Waals surface area contributed by atoms with Crippen molar-refractivity contribution in [1.29, 1.82) is 0 Å². The van der Waals surface area contributed by atoms with Crippen LogP contribution in [0.5, 0.6) is 5.88 Å². The summed E-state index contributed by atoms with van der Waals surface area (Å²) in [6.45, 7) is 1.98. The van der Waals surface area contributed by atoms with Crippen LogP contribution in [0.1, 0.15) is 37.7 Å². The third-order valence-corrected chi connectivity index (χ3v) is 5.23. The zero-order valence-electron chi connectivity index (χ0n) is 16.2. The van der Waals surface area contributed by atoms with Gasteiger partial charge in [-0.15, -0.1) is 5.10 Å². The summed E-state index contributed by atoms with van der Waals surface area (Å²) < 4.78 is 6.86. The van der Waals surface area contributed by atoms with Crippen LogP contribution in [-0.4, -0.2) is 33.8 Å². The maximum atomic E-state index is 12.4. The van der Waals surface area contributed by atoms with E-state index >= 15 is 0 Å². The molecule has 1 aliphatic rings. The van der Waals surface area contributed by atoms with Gasteiger partial charge >= 0.3 is 6.03 Å². The van der Waals surface area contributed by atoms with E-state index in [0.717, 1.165) is 41.0 Å². The monoisotopic (exact) mass is 379 g/mol. The number of carbonyl (C=O) groups is 1. The molecule has 0 spiro atoms. The Kier molecular flexibility index (Phi) is 5.14. The molecule has 2 N–H and O–H groups in total. The first-order valence-corrected chi connectivity index (χ1v) is 9.71. The highest BCUT2D eigenvalue weighted by atomic mass is 16.5. The number of anilines is 1. The van der Waals surface area contributed by atoms with Gasteiger partial charge in [0.2, 0.25) is 5.88 Å². The lowest BCUT2D eigenvalue weighted by Crippen LogP contribution is -2.39. The molecule has 4 rings (SSSR count). The number of carbonyl (C=O) groups excluding carboxylic acids is 1. The molecule has 0 radical (unpaired) electrons. The van der Waals surface area contributed by atoms with Gasteiger partial charge in [0.25, 0.3) is 0 Å². The van der Waals surface area contributed by atoms with E-state index in [1.165, 1.54) is 19.3 Å². The Balaban J connectivity index is 1.54. The van der Waals surface area contributed by atoms with Crippen LogP contribution in [0, 0.1) is 6.92 Å². The summed E-state index contributed by atoms with van der Waals surface area (Å²) in [6, 6.07) is 9.71. The van der Waals surface area contributed by atoms with Crippen molar-refractivity contribution in [1.82, 2.24) is 19.9 Å². The minimum Gasteiger partial charge on any atom is -0.480 e. The molecule has 28 heavy (non-hydrogen) atoms. The van der Waals surface area contributed by atoms with Crippen molar-refractivity contribution in [3.05, 3.63) is 42.1 Å². The highest BCUT2D eigenvalue weighted by molar-refractivity contribution is 5.91. The van der Waals surface area contributed by atoms with Gasteiger partial charge in [-0.3, -0.25) is 0 Å². The number of nitrogens with zero attached hydrogens (tertiary/aromatic N) is 3. The van der Waals surface area contributed by atoms with E-state index in [1.807, 2.05) is 37.4 Å². The fourth-order valence-corrected chi connectivity index (χ4v) is 3.62. The number of aryl methyl sites for hydroxylation is 1. The first-order chi connectivity index (χ1) is 13.6. The number of rotatable bonds is 4. The van der Waals surface area contributed by atoms with Gasteiger partial charge < -0.3 is 15.4 Å². The molecule has 0 bridgehead atoms. The molecule has 3 aromatic rings. The normalized spacial score (nSPS) is 14.8. The van der Waals surface area contributed by atoms with Gasteiger partial charge in [-0.1, -0.05) is 31.4 Å². The second-order valence-corrected chi connectivity index (χ2v) is 7.27. The van der Waals surface area contributed by atoms with Crippen LogP contribution in [0.25, 0.3) is 16.9 Å². The second-order valence-electron chi connectivity index (χ2n) is 7.27. The molecule has 7 heteroatoms. The molecule has 146 valence electrons. The van der Waals surface area contributed by atoms with Crippen molar-refractivity contribution >= 4 is 17.4 Å². The van der Waals surface area contributed by atoms with E-state index in [1.54, 1.807) is 17.7 Å². The molecule has 1 aromatic carbocycles. The van der Waals surface area contributed by atoms with Crippen molar-refractivity contribution in [3.63, 3.8) is 0 Å². The maximum Gasteiger partial charge on any atom is 0.319 e. The Morgan fingerprint density at radius 3 is 2.79 bits per heavy atom. The van der Waals surface area contributed by atoms with E-state index in [-0.39, 0.29) is 12.1 Å². The topological polar surface area (TPSA) is 80.5 Å². The number of imidazole rings is 1. The van der Waals surface area contributed by atoms with Crippen molar-refractivity contribution < 1.29 is 9.53 Å². The average Bonchev–Trinajstić information content (AvgIpc) is 3.13. The fraction of sp³-hybridized carbons (Fsp3) is 0.381. The van der Waals surface area contributed by atoms with Crippen LogP contribution < -0.4 is 15.4 Å². The van der Waals surface area contributed by atoms with Gasteiger partial charge in [0, 0.05) is 23.4 Å². The molecule has 7 nitrogen and oxygen atoms in total. The van der Waals surface area contributed by atoms with Crippen molar-refractivity contribution in [3.8, 4) is 17.1 Å². The lowest BCUT2D eigenvalue weighted by molar-refractivity contribution is 0.244. The van der Waals surface area contributed by atoms with E-state index in [4.69, 9.17) is 4.74 Å². The Hall–Kier alpha value is -3.09. The first-order valence-electron chi connectivity index (χ1n) is 9.71. The zero-order chi connectivity index (χ0) is 19.5. The number of hydrogen-bond acceptors (Lipinski definition) is 4. The molecular formula is C21H25N5O2. The summed E-state index contributed by atoms with van der Waals surface area (Å²) in [5, 5.41) is 10.4. The number of methoxy groups -OCH3 is 1. The van der Waals surface area contributed by atoms with Crippen LogP contribution in [-0.2, 0) is 0 Å². The summed E-state index contributed by atoms with van der Waals surface area (Å²) >= 11 is 0. The number of aromatic nitrogens is 3. The van der Waals surface area contributed by atoms with E-state index in [9.17, 15) is 4.79 Å². The molecular weight excluding hydrogens is 354 g/mol. The molecule has 1 aliphatic carbocycles. The number of ether oxygens (including phenoxy) is 1. The van der Waals surface area contributed by atoms with Gasteiger partial charge in [0.15, 0.2) is 5.65 Å². The number of hydrogen-bond donors (Lipinski definition) is 2. The smallest absolute Gasteiger partial charge is 0.319 e. The Morgan fingerprint density at radius 1 is 1.18 bits per heavy atom. The summed E-state index contributed by atoms with van der Waals surface area (Å²) in [6.07, 6.45) is 7.61. The van der Waals surface area contributed by atoms with E-state index in [0.29, 0.717) is 5.88 Å². The lowest BCUT2D eigenvalue weighted by Gasteiger charge is -2.23. The minimum absolute atomic E-state index is 0.145. The van der Waals surface area contributed by atoms with Gasteiger partial charge in [-0.05, 0) is 37.5 Å². The molecule has 0 unspecified atom stereocenters. The number of benzene rings is 1. The summed E-state index contributed by atoms with van der Waals surface area (Å²) in [4.78, 5) is 17.0. The molecule has 1 saturated carbocycles. The predicted molar refractivity (Wildman–Crippen MR) is 109 cm³/mol. The van der Waals surface area contributed by atoms with Crippen molar-refractivity contribution in [2.75, 3.05) is 12.4 Å². The van der Waals surface area contributed by atoms with Crippen LogP contribution >= 0.6 is 0 Å². The SMILES string of the molecule is COc1ccc2nc(-c3ccc(C)c(NC(=O)NC4CCCCC4)c3)cn2n1. The van der Waals surface area contributed by atoms with E-state index < -0.39 is 0 Å². The molecule has 2 heterocycles. The number of urea groups is 1. The largest absolute Gasteiger partial charge is 0.480 e. The molecule has 0 aliphatic heterocycles. The third-order valence-electron chi connectivity index (χ3n) is 5.23. The Morgan fingerprint density at radius 2 is 2.00 bits per heavy atom. The molecule has 0 saturated heterocycles. The third kappa shape index (κ3) is 3.93. The standard InChI is InChI=1S/C21H25N5O2/c1-14-8-9-15(18-13-26-19(23-18)10-11-20(25-26)28-2)12-17(14)24-21(27)22-16-6-4-3-5-7-16/h8-13,16H,3-7H2,1-2H3,(H2,22,24,27). The molecule has 1 fully saturated rings. The summed E-state index contributed by atoms with van der Waals surface area (Å²) in [7, 11) is 1.59. The minimum atomic E-state index is -0.145. The number of amides is 2. The zero-order valence-corrected chi connectivity index (χ0v) is 16.2. The number of fused-ring (bicyclic) bond motifs is 1. The second kappa shape index (κ2) is 7.88. The van der Waals surface area contributed by atoms with Crippen LogP contribution in [0.3, 0.4) is 0 Å². The summed E-state index contributed by atoms with van der Waals surface area (Å²) in [5.41, 5.74) is 4.24. The highest BCUT2D eigenvalue weighted by Crippen LogP contribution is 2.26. The Labute approximate surface area is 164 Å². The molecule has 2 aromatic heterocycles. The van der Waals surface area contributed by atoms with Crippen LogP contribution in [0.4, 0.5) is 10.5 Å². The van der Waals surface area contributed by atoms with Gasteiger partial charge in [-0.25, -0.2) is 14.3 Å². The molecule has 2 amide bonds. The van der Waals surface area contributed by atoms with Gasteiger partial charge in [-0.2, -0.15) is 0 Å². The average molecular weight is 379 g/mol. The van der Waals surface area contributed by atoms with Crippen molar-refractivity contribution in [2.24, 2.45) is 0 Å².